The van der Waals surface area contributed by atoms with E-state index < -0.39 is 0 Å². The molecule has 1 atom stereocenters. The van der Waals surface area contributed by atoms with Gasteiger partial charge in [-0.05, 0) is 25.7 Å². The number of fused-ring (bicyclic) bond motifs is 1. The molecule has 1 aliphatic carbocycles. The minimum Gasteiger partial charge on any atom is -0.284 e. The number of hydrogen-bond donors (Lipinski definition) is 0. The van der Waals surface area contributed by atoms with E-state index in [4.69, 9.17) is 10.2 Å². The highest BCUT2D eigenvalue weighted by Crippen LogP contribution is 2.41. The van der Waals surface area contributed by atoms with Crippen molar-refractivity contribution in [3.8, 4) is 28.0 Å². The lowest BCUT2D eigenvalue weighted by molar-refractivity contribution is 0.412. The summed E-state index contributed by atoms with van der Waals surface area (Å²) in [6, 6.07) is 4.42. The van der Waals surface area contributed by atoms with Crippen molar-refractivity contribution in [3.05, 3.63) is 42.1 Å². The molecule has 27 heavy (non-hydrogen) atoms. The van der Waals surface area contributed by atoms with Crippen LogP contribution in [0.2, 0.25) is 0 Å². The molecule has 0 aliphatic heterocycles. The van der Waals surface area contributed by atoms with E-state index in [0.29, 0.717) is 12.3 Å². The number of imidazole rings is 1. The molecule has 1 fully saturated rings. The molecule has 0 spiro atoms. The first-order valence-corrected chi connectivity index (χ1v) is 9.73. The Hall–Kier alpha value is -3.05. The van der Waals surface area contributed by atoms with Crippen LogP contribution in [0.1, 0.15) is 30.3 Å². The van der Waals surface area contributed by atoms with E-state index in [1.54, 1.807) is 17.5 Å². The fourth-order valence-electron chi connectivity index (χ4n) is 3.42. The van der Waals surface area contributed by atoms with E-state index in [-0.39, 0.29) is 6.04 Å². The summed E-state index contributed by atoms with van der Waals surface area (Å²) >= 11 is 1.62. The summed E-state index contributed by atoms with van der Waals surface area (Å²) in [5, 5.41) is 14.7. The zero-order valence-corrected chi connectivity index (χ0v) is 15.6. The van der Waals surface area contributed by atoms with Crippen LogP contribution in [0.25, 0.3) is 27.6 Å². The average Bonchev–Trinajstić information content (AvgIpc) is 3.07. The van der Waals surface area contributed by atoms with Crippen molar-refractivity contribution in [2.45, 2.75) is 32.2 Å². The third-order valence-electron chi connectivity index (χ3n) is 4.93. The Balaban J connectivity index is 1.60. The Morgan fingerprint density at radius 1 is 1.33 bits per heavy atom. The summed E-state index contributed by atoms with van der Waals surface area (Å²) in [6.45, 7) is 1.99. The van der Waals surface area contributed by atoms with Crippen LogP contribution < -0.4 is 0 Å². The maximum absolute atomic E-state index is 9.16. The standard InChI is InChI=1S/C19H17N7S/c1-12-22-10-17(27-12)15-8-18-21-6-7-25(18)19(24-15)14-9-23-26(11-14)16(4-5-20)13-2-3-13/h6-11,13,16H,2-4H2,1H3. The van der Waals surface area contributed by atoms with Crippen LogP contribution in [0, 0.1) is 24.2 Å². The third kappa shape index (κ3) is 2.90. The second-order valence-corrected chi connectivity index (χ2v) is 8.07. The van der Waals surface area contributed by atoms with Gasteiger partial charge in [-0.2, -0.15) is 10.4 Å². The Bertz CT molecular complexity index is 1160. The van der Waals surface area contributed by atoms with E-state index in [1.165, 1.54) is 12.8 Å². The lowest BCUT2D eigenvalue weighted by Gasteiger charge is -2.12. The molecule has 4 aromatic rings. The van der Waals surface area contributed by atoms with Gasteiger partial charge in [0.05, 0.1) is 45.9 Å². The van der Waals surface area contributed by atoms with Gasteiger partial charge in [0.1, 0.15) is 11.5 Å². The molecule has 0 aromatic carbocycles. The molecule has 8 heteroatoms. The van der Waals surface area contributed by atoms with Crippen molar-refractivity contribution in [1.29, 1.82) is 5.26 Å². The highest BCUT2D eigenvalue weighted by molar-refractivity contribution is 7.15. The Morgan fingerprint density at radius 3 is 2.96 bits per heavy atom. The second kappa shape index (κ2) is 6.28. The Labute approximate surface area is 160 Å². The zero-order chi connectivity index (χ0) is 18.4. The lowest BCUT2D eigenvalue weighted by atomic mass is 10.1. The van der Waals surface area contributed by atoms with Crippen LogP contribution in [0.15, 0.2) is 37.1 Å². The van der Waals surface area contributed by atoms with E-state index >= 15 is 0 Å². The van der Waals surface area contributed by atoms with Gasteiger partial charge in [-0.3, -0.25) is 9.08 Å². The lowest BCUT2D eigenvalue weighted by Crippen LogP contribution is -2.11. The van der Waals surface area contributed by atoms with Crippen molar-refractivity contribution >= 4 is 17.0 Å². The number of aryl methyl sites for hydroxylation is 1. The predicted octanol–water partition coefficient (Wildman–Crippen LogP) is 3.89. The fraction of sp³-hybridized carbons (Fsp3) is 0.316. The van der Waals surface area contributed by atoms with Gasteiger partial charge < -0.3 is 0 Å². The summed E-state index contributed by atoms with van der Waals surface area (Å²) in [7, 11) is 0. The number of thiazole rings is 1. The monoisotopic (exact) mass is 375 g/mol. The van der Waals surface area contributed by atoms with Crippen LogP contribution in [0.5, 0.6) is 0 Å². The molecule has 1 unspecified atom stereocenters. The highest BCUT2D eigenvalue weighted by atomic mass is 32.1. The van der Waals surface area contributed by atoms with Gasteiger partial charge in [0.2, 0.25) is 0 Å². The molecule has 7 nitrogen and oxygen atoms in total. The molecule has 0 radical (unpaired) electrons. The van der Waals surface area contributed by atoms with E-state index in [0.717, 1.165) is 32.6 Å². The van der Waals surface area contributed by atoms with Gasteiger partial charge >= 0.3 is 0 Å². The average molecular weight is 375 g/mol. The van der Waals surface area contributed by atoms with Gasteiger partial charge in [0.25, 0.3) is 0 Å². The molecule has 4 heterocycles. The molecule has 0 bridgehead atoms. The summed E-state index contributed by atoms with van der Waals surface area (Å²) < 4.78 is 3.90. The first-order chi connectivity index (χ1) is 13.2. The van der Waals surface area contributed by atoms with Crippen molar-refractivity contribution in [2.75, 3.05) is 0 Å². The number of nitrogens with zero attached hydrogens (tertiary/aromatic N) is 7. The second-order valence-electron chi connectivity index (χ2n) is 6.84. The molecule has 0 amide bonds. The SMILES string of the molecule is Cc1ncc(-c2cc3nccn3c(-c3cnn(C(CC#N)C4CC4)c3)n2)s1. The number of nitriles is 1. The third-order valence-corrected chi connectivity index (χ3v) is 5.86. The number of aromatic nitrogens is 6. The maximum Gasteiger partial charge on any atom is 0.149 e. The molecule has 5 rings (SSSR count). The van der Waals surface area contributed by atoms with Gasteiger partial charge in [-0.25, -0.2) is 15.0 Å². The molecular weight excluding hydrogens is 358 g/mol. The first-order valence-electron chi connectivity index (χ1n) is 8.91. The minimum absolute atomic E-state index is 0.148. The maximum atomic E-state index is 9.16. The predicted molar refractivity (Wildman–Crippen MR) is 102 cm³/mol. The van der Waals surface area contributed by atoms with Gasteiger partial charge in [0.15, 0.2) is 0 Å². The van der Waals surface area contributed by atoms with E-state index in [1.807, 2.05) is 46.9 Å². The molecule has 0 saturated heterocycles. The number of hydrogen-bond acceptors (Lipinski definition) is 6. The molecule has 4 aromatic heterocycles. The van der Waals surface area contributed by atoms with Crippen molar-refractivity contribution in [2.24, 2.45) is 5.92 Å². The normalized spacial score (nSPS) is 15.1. The molecular formula is C19H17N7S. The minimum atomic E-state index is 0.148. The van der Waals surface area contributed by atoms with Crippen LogP contribution >= 0.6 is 11.3 Å². The first kappa shape index (κ1) is 16.1. The van der Waals surface area contributed by atoms with Crippen LogP contribution in [-0.4, -0.2) is 29.1 Å². The molecule has 1 saturated carbocycles. The van der Waals surface area contributed by atoms with Gasteiger partial charge in [0, 0.05) is 30.9 Å². The number of rotatable bonds is 5. The van der Waals surface area contributed by atoms with Crippen molar-refractivity contribution in [3.63, 3.8) is 0 Å². The van der Waals surface area contributed by atoms with E-state index in [9.17, 15) is 0 Å². The largest absolute Gasteiger partial charge is 0.284 e. The summed E-state index contributed by atoms with van der Waals surface area (Å²) in [5.41, 5.74) is 2.62. The smallest absolute Gasteiger partial charge is 0.149 e. The fourth-order valence-corrected chi connectivity index (χ4v) is 4.16. The van der Waals surface area contributed by atoms with E-state index in [2.05, 4.69) is 21.1 Å². The van der Waals surface area contributed by atoms with Gasteiger partial charge in [-0.15, -0.1) is 11.3 Å². The quantitative estimate of drug-likeness (QED) is 0.528. The molecule has 134 valence electrons. The summed E-state index contributed by atoms with van der Waals surface area (Å²) in [4.78, 5) is 14.7. The highest BCUT2D eigenvalue weighted by Gasteiger charge is 2.33. The van der Waals surface area contributed by atoms with Crippen molar-refractivity contribution < 1.29 is 0 Å². The topological polar surface area (TPSA) is 84.7 Å². The van der Waals surface area contributed by atoms with Crippen LogP contribution in [0.3, 0.4) is 0 Å². The zero-order valence-electron chi connectivity index (χ0n) is 14.8. The van der Waals surface area contributed by atoms with Crippen LogP contribution in [0.4, 0.5) is 0 Å². The Kier molecular flexibility index (Phi) is 3.76. The van der Waals surface area contributed by atoms with Crippen LogP contribution in [-0.2, 0) is 0 Å². The van der Waals surface area contributed by atoms with Crippen molar-refractivity contribution in [1.82, 2.24) is 29.1 Å². The van der Waals surface area contributed by atoms with Gasteiger partial charge in [-0.1, -0.05) is 0 Å². The molecule has 0 N–H and O–H groups in total. The molecule has 1 aliphatic rings. The summed E-state index contributed by atoms with van der Waals surface area (Å²) in [5.74, 6) is 1.36. The Morgan fingerprint density at radius 2 is 2.22 bits per heavy atom. The summed E-state index contributed by atoms with van der Waals surface area (Å²) in [6.07, 6.45) is 12.2.